The maximum atomic E-state index is 5.61. The summed E-state index contributed by atoms with van der Waals surface area (Å²) in [4.78, 5) is 4.10. The van der Waals surface area contributed by atoms with Crippen molar-refractivity contribution in [2.45, 2.75) is 36.4 Å². The summed E-state index contributed by atoms with van der Waals surface area (Å²) in [6, 6.07) is 3.99. The second-order valence-electron chi connectivity index (χ2n) is 4.43. The Hall–Kier alpha value is -1.47. The van der Waals surface area contributed by atoms with Crippen LogP contribution in [-0.2, 0) is 17.0 Å². The summed E-state index contributed by atoms with van der Waals surface area (Å²) in [6.45, 7) is 1.59. The summed E-state index contributed by atoms with van der Waals surface area (Å²) in [5.74, 6) is 0.819. The van der Waals surface area contributed by atoms with Gasteiger partial charge in [0, 0.05) is 24.8 Å². The number of ether oxygens (including phenoxy) is 1. The molecular formula is C12H15N5OS. The van der Waals surface area contributed by atoms with Gasteiger partial charge in [-0.15, -0.1) is 5.10 Å². The van der Waals surface area contributed by atoms with E-state index in [9.17, 15) is 0 Å². The van der Waals surface area contributed by atoms with Crippen LogP contribution in [0.2, 0.25) is 0 Å². The van der Waals surface area contributed by atoms with E-state index in [0.717, 1.165) is 36.9 Å². The molecule has 2 aromatic rings. The molecule has 3 rings (SSSR count). The van der Waals surface area contributed by atoms with Crippen molar-refractivity contribution in [3.05, 3.63) is 30.1 Å². The molecule has 100 valence electrons. The Kier molecular flexibility index (Phi) is 4.04. The Morgan fingerprint density at radius 2 is 2.47 bits per heavy atom. The van der Waals surface area contributed by atoms with Crippen LogP contribution in [0.3, 0.4) is 0 Å². The van der Waals surface area contributed by atoms with Gasteiger partial charge in [0.2, 0.25) is 5.16 Å². The Morgan fingerprint density at radius 1 is 1.47 bits per heavy atom. The molecule has 19 heavy (non-hydrogen) atoms. The van der Waals surface area contributed by atoms with Gasteiger partial charge in [0.05, 0.1) is 12.6 Å². The third kappa shape index (κ3) is 3.30. The molecular weight excluding hydrogens is 262 g/mol. The van der Waals surface area contributed by atoms with Gasteiger partial charge in [0.1, 0.15) is 0 Å². The molecule has 0 N–H and O–H groups in total. The highest BCUT2D eigenvalue weighted by Crippen LogP contribution is 2.21. The molecule has 0 bridgehead atoms. The molecule has 1 fully saturated rings. The van der Waals surface area contributed by atoms with E-state index in [1.807, 2.05) is 23.0 Å². The summed E-state index contributed by atoms with van der Waals surface area (Å²) in [6.07, 6.45) is 6.11. The number of thioether (sulfide) groups is 1. The molecule has 0 aromatic carbocycles. The highest BCUT2D eigenvalue weighted by atomic mass is 32.2. The van der Waals surface area contributed by atoms with Crippen LogP contribution in [0.15, 0.2) is 29.7 Å². The predicted octanol–water partition coefficient (Wildman–Crippen LogP) is 1.54. The van der Waals surface area contributed by atoms with Gasteiger partial charge < -0.3 is 4.74 Å². The van der Waals surface area contributed by atoms with E-state index in [1.54, 1.807) is 18.0 Å². The number of hydrogen-bond donors (Lipinski definition) is 0. The SMILES string of the molecule is c1cncc(CSc2nnnn2CC2CCCO2)c1. The Labute approximate surface area is 115 Å². The van der Waals surface area contributed by atoms with Crippen molar-refractivity contribution >= 4 is 11.8 Å². The molecule has 0 radical (unpaired) electrons. The standard InChI is InChI=1S/C12H15N5OS/c1-3-10(7-13-5-1)9-19-12-14-15-16-17(12)8-11-4-2-6-18-11/h1,3,5,7,11H,2,4,6,8-9H2. The summed E-state index contributed by atoms with van der Waals surface area (Å²) in [7, 11) is 0. The van der Waals surface area contributed by atoms with Crippen LogP contribution in [0.1, 0.15) is 18.4 Å². The van der Waals surface area contributed by atoms with E-state index in [4.69, 9.17) is 4.74 Å². The monoisotopic (exact) mass is 277 g/mol. The molecule has 1 aliphatic rings. The van der Waals surface area contributed by atoms with Crippen LogP contribution < -0.4 is 0 Å². The predicted molar refractivity (Wildman–Crippen MR) is 70.6 cm³/mol. The molecule has 6 nitrogen and oxygen atoms in total. The van der Waals surface area contributed by atoms with Crippen molar-refractivity contribution in [3.8, 4) is 0 Å². The number of aromatic nitrogens is 5. The van der Waals surface area contributed by atoms with Gasteiger partial charge in [0.25, 0.3) is 0 Å². The van der Waals surface area contributed by atoms with Crippen molar-refractivity contribution < 1.29 is 4.74 Å². The van der Waals surface area contributed by atoms with E-state index in [2.05, 4.69) is 20.5 Å². The molecule has 1 atom stereocenters. The highest BCUT2D eigenvalue weighted by molar-refractivity contribution is 7.98. The van der Waals surface area contributed by atoms with Crippen molar-refractivity contribution in [1.29, 1.82) is 0 Å². The van der Waals surface area contributed by atoms with Gasteiger partial charge in [-0.05, 0) is 34.9 Å². The van der Waals surface area contributed by atoms with Crippen molar-refractivity contribution in [2.24, 2.45) is 0 Å². The zero-order chi connectivity index (χ0) is 12.9. The number of pyridine rings is 1. The van der Waals surface area contributed by atoms with E-state index in [-0.39, 0.29) is 6.10 Å². The van der Waals surface area contributed by atoms with E-state index in [1.165, 1.54) is 5.56 Å². The molecule has 0 saturated carbocycles. The average molecular weight is 277 g/mol. The fourth-order valence-corrected chi connectivity index (χ4v) is 2.85. The minimum Gasteiger partial charge on any atom is -0.376 e. The number of nitrogens with zero attached hydrogens (tertiary/aromatic N) is 5. The lowest BCUT2D eigenvalue weighted by molar-refractivity contribution is 0.0912. The quantitative estimate of drug-likeness (QED) is 0.772. The third-order valence-electron chi connectivity index (χ3n) is 2.99. The van der Waals surface area contributed by atoms with Crippen LogP contribution >= 0.6 is 11.8 Å². The first-order valence-electron chi connectivity index (χ1n) is 6.31. The van der Waals surface area contributed by atoms with Crippen molar-refractivity contribution in [2.75, 3.05) is 6.61 Å². The van der Waals surface area contributed by atoms with Gasteiger partial charge in [-0.25, -0.2) is 4.68 Å². The zero-order valence-electron chi connectivity index (χ0n) is 10.5. The summed E-state index contributed by atoms with van der Waals surface area (Å²) in [5.41, 5.74) is 1.17. The molecule has 1 saturated heterocycles. The average Bonchev–Trinajstić information content (AvgIpc) is 3.10. The fourth-order valence-electron chi connectivity index (χ4n) is 2.03. The van der Waals surface area contributed by atoms with E-state index in [0.29, 0.717) is 0 Å². The maximum Gasteiger partial charge on any atom is 0.209 e. The van der Waals surface area contributed by atoms with Crippen LogP contribution in [0.4, 0.5) is 0 Å². The molecule has 0 amide bonds. The first-order chi connectivity index (χ1) is 9.42. The lowest BCUT2D eigenvalue weighted by Gasteiger charge is -2.09. The molecule has 0 aliphatic carbocycles. The molecule has 3 heterocycles. The highest BCUT2D eigenvalue weighted by Gasteiger charge is 2.18. The Morgan fingerprint density at radius 3 is 3.26 bits per heavy atom. The second kappa shape index (κ2) is 6.12. The zero-order valence-corrected chi connectivity index (χ0v) is 11.3. The third-order valence-corrected chi connectivity index (χ3v) is 4.02. The first-order valence-corrected chi connectivity index (χ1v) is 7.30. The number of tetrazole rings is 1. The van der Waals surface area contributed by atoms with Crippen molar-refractivity contribution in [3.63, 3.8) is 0 Å². The normalized spacial score (nSPS) is 18.8. The molecule has 2 aromatic heterocycles. The van der Waals surface area contributed by atoms with E-state index >= 15 is 0 Å². The Bertz CT molecular complexity index is 512. The van der Waals surface area contributed by atoms with Crippen LogP contribution in [0.25, 0.3) is 0 Å². The molecule has 1 unspecified atom stereocenters. The Balaban J connectivity index is 1.60. The van der Waals surface area contributed by atoms with Gasteiger partial charge in [-0.1, -0.05) is 17.8 Å². The van der Waals surface area contributed by atoms with Gasteiger partial charge in [-0.2, -0.15) is 0 Å². The smallest absolute Gasteiger partial charge is 0.209 e. The number of rotatable bonds is 5. The lowest BCUT2D eigenvalue weighted by Crippen LogP contribution is -2.16. The second-order valence-corrected chi connectivity index (χ2v) is 5.37. The van der Waals surface area contributed by atoms with Gasteiger partial charge >= 0.3 is 0 Å². The minimum atomic E-state index is 0.251. The fraction of sp³-hybridized carbons (Fsp3) is 0.500. The first kappa shape index (κ1) is 12.6. The van der Waals surface area contributed by atoms with Crippen LogP contribution in [0, 0.1) is 0 Å². The summed E-state index contributed by atoms with van der Waals surface area (Å²) in [5, 5.41) is 12.7. The summed E-state index contributed by atoms with van der Waals surface area (Å²) < 4.78 is 7.44. The molecule has 0 spiro atoms. The minimum absolute atomic E-state index is 0.251. The van der Waals surface area contributed by atoms with Gasteiger partial charge in [-0.3, -0.25) is 4.98 Å². The largest absolute Gasteiger partial charge is 0.376 e. The lowest BCUT2D eigenvalue weighted by atomic mass is 10.2. The topological polar surface area (TPSA) is 65.7 Å². The molecule has 7 heteroatoms. The number of hydrogen-bond acceptors (Lipinski definition) is 6. The maximum absolute atomic E-state index is 5.61. The van der Waals surface area contributed by atoms with Crippen molar-refractivity contribution in [1.82, 2.24) is 25.2 Å². The van der Waals surface area contributed by atoms with Crippen LogP contribution in [-0.4, -0.2) is 37.9 Å². The summed E-state index contributed by atoms with van der Waals surface area (Å²) >= 11 is 1.62. The molecule has 1 aliphatic heterocycles. The van der Waals surface area contributed by atoms with Gasteiger partial charge in [0.15, 0.2) is 0 Å². The van der Waals surface area contributed by atoms with Crippen LogP contribution in [0.5, 0.6) is 0 Å². The van der Waals surface area contributed by atoms with E-state index < -0.39 is 0 Å².